The topological polar surface area (TPSA) is 54.2 Å². The highest BCUT2D eigenvalue weighted by Crippen LogP contribution is 2.11. The fraction of sp³-hybridized carbons (Fsp3) is 0.200. The summed E-state index contributed by atoms with van der Waals surface area (Å²) in [4.78, 5) is 3.78. The molecule has 0 aliphatic rings. The highest BCUT2D eigenvalue weighted by atomic mass is 35.5. The minimum absolute atomic E-state index is 0.150. The lowest BCUT2D eigenvalue weighted by atomic mass is 10.1. The Morgan fingerprint density at radius 2 is 1.95 bits per heavy atom. The molecule has 0 unspecified atom stereocenters. The van der Waals surface area contributed by atoms with Gasteiger partial charge < -0.3 is 9.94 Å². The molecule has 0 spiro atoms. The fourth-order valence-electron chi connectivity index (χ4n) is 1.46. The van der Waals surface area contributed by atoms with Gasteiger partial charge in [0.2, 0.25) is 5.88 Å². The standard InChI is InChI=1S/C15H17ClN2O2/c1-11(2)8-15(17-3)20-10-13-6-4-12(5-7-13)9-14(16)18-19/h4-8,19H,1,3,9-10H2,2H3/b15-8+,18-14-. The normalized spacial score (nSPS) is 12.1. The molecule has 0 radical (unpaired) electrons. The predicted octanol–water partition coefficient (Wildman–Crippen LogP) is 3.89. The van der Waals surface area contributed by atoms with Crippen molar-refractivity contribution in [1.82, 2.24) is 0 Å². The summed E-state index contributed by atoms with van der Waals surface area (Å²) >= 11 is 5.65. The Morgan fingerprint density at radius 3 is 2.45 bits per heavy atom. The van der Waals surface area contributed by atoms with E-state index in [1.807, 2.05) is 31.2 Å². The minimum atomic E-state index is 0.150. The van der Waals surface area contributed by atoms with Crippen LogP contribution in [-0.2, 0) is 17.8 Å². The van der Waals surface area contributed by atoms with E-state index in [0.717, 1.165) is 16.7 Å². The summed E-state index contributed by atoms with van der Waals surface area (Å²) in [5.41, 5.74) is 2.79. The molecule has 0 bridgehead atoms. The zero-order chi connectivity index (χ0) is 15.0. The van der Waals surface area contributed by atoms with Crippen LogP contribution in [0.2, 0.25) is 0 Å². The molecule has 0 aliphatic carbocycles. The Labute approximate surface area is 123 Å². The second kappa shape index (κ2) is 8.17. The summed E-state index contributed by atoms with van der Waals surface area (Å²) in [5, 5.41) is 11.6. The predicted molar refractivity (Wildman–Crippen MR) is 82.5 cm³/mol. The molecule has 0 fully saturated rings. The maximum Gasteiger partial charge on any atom is 0.213 e. The summed E-state index contributed by atoms with van der Waals surface area (Å²) in [7, 11) is 0. The maximum atomic E-state index is 8.50. The highest BCUT2D eigenvalue weighted by molar-refractivity contribution is 6.65. The van der Waals surface area contributed by atoms with Crippen LogP contribution < -0.4 is 0 Å². The Morgan fingerprint density at radius 1 is 1.35 bits per heavy atom. The van der Waals surface area contributed by atoms with Crippen LogP contribution in [-0.4, -0.2) is 17.1 Å². The molecule has 5 heteroatoms. The van der Waals surface area contributed by atoms with E-state index in [2.05, 4.69) is 23.4 Å². The van der Waals surface area contributed by atoms with Gasteiger partial charge in [-0.3, -0.25) is 0 Å². The van der Waals surface area contributed by atoms with E-state index in [-0.39, 0.29) is 5.17 Å². The number of benzene rings is 1. The number of rotatable bonds is 7. The number of oxime groups is 1. The third-order valence-electron chi connectivity index (χ3n) is 2.39. The lowest BCUT2D eigenvalue weighted by Crippen LogP contribution is -1.96. The van der Waals surface area contributed by atoms with Gasteiger partial charge in [0.1, 0.15) is 11.8 Å². The van der Waals surface area contributed by atoms with Gasteiger partial charge in [-0.2, -0.15) is 0 Å². The van der Waals surface area contributed by atoms with E-state index < -0.39 is 0 Å². The van der Waals surface area contributed by atoms with Crippen molar-refractivity contribution in [2.45, 2.75) is 20.0 Å². The van der Waals surface area contributed by atoms with E-state index in [4.69, 9.17) is 21.5 Å². The van der Waals surface area contributed by atoms with Gasteiger partial charge in [-0.15, -0.1) is 0 Å². The van der Waals surface area contributed by atoms with Crippen molar-refractivity contribution in [3.8, 4) is 0 Å². The minimum Gasteiger partial charge on any atom is -0.473 e. The Hall–Kier alpha value is -2.07. The number of hydrogen-bond donors (Lipinski definition) is 1. The van der Waals surface area contributed by atoms with E-state index in [9.17, 15) is 0 Å². The Kier molecular flexibility index (Phi) is 6.53. The number of hydrogen-bond acceptors (Lipinski definition) is 4. The smallest absolute Gasteiger partial charge is 0.213 e. The summed E-state index contributed by atoms with van der Waals surface area (Å²) in [5.74, 6) is 0.442. The number of aliphatic imine (C=N–C) groups is 1. The molecule has 1 aromatic rings. The number of ether oxygens (including phenoxy) is 1. The second-order valence-electron chi connectivity index (χ2n) is 4.25. The first kappa shape index (κ1) is 16.0. The molecule has 0 aromatic heterocycles. The first-order chi connectivity index (χ1) is 9.55. The van der Waals surface area contributed by atoms with Crippen LogP contribution in [0.5, 0.6) is 0 Å². The van der Waals surface area contributed by atoms with Crippen LogP contribution in [0.3, 0.4) is 0 Å². The monoisotopic (exact) mass is 292 g/mol. The third kappa shape index (κ3) is 5.71. The average molecular weight is 293 g/mol. The first-order valence-corrected chi connectivity index (χ1v) is 6.34. The Bertz CT molecular complexity index is 533. The highest BCUT2D eigenvalue weighted by Gasteiger charge is 2.01. The molecule has 4 nitrogen and oxygen atoms in total. The van der Waals surface area contributed by atoms with E-state index >= 15 is 0 Å². The van der Waals surface area contributed by atoms with Crippen LogP contribution in [0.4, 0.5) is 0 Å². The van der Waals surface area contributed by atoms with Crippen LogP contribution in [0, 0.1) is 0 Å². The van der Waals surface area contributed by atoms with Crippen molar-refractivity contribution >= 4 is 23.5 Å². The van der Waals surface area contributed by atoms with Crippen molar-refractivity contribution in [3.63, 3.8) is 0 Å². The molecular formula is C15H17ClN2O2. The molecule has 1 aromatic carbocycles. The molecule has 1 N–H and O–H groups in total. The zero-order valence-electron chi connectivity index (χ0n) is 11.3. The number of allylic oxidation sites excluding steroid dienone is 2. The molecule has 106 valence electrons. The molecule has 1 rings (SSSR count). The summed E-state index contributed by atoms with van der Waals surface area (Å²) in [6, 6.07) is 7.63. The summed E-state index contributed by atoms with van der Waals surface area (Å²) < 4.78 is 5.51. The average Bonchev–Trinajstić information content (AvgIpc) is 2.44. The van der Waals surface area contributed by atoms with Crippen molar-refractivity contribution in [3.05, 3.63) is 59.5 Å². The third-order valence-corrected chi connectivity index (χ3v) is 2.60. The lowest BCUT2D eigenvalue weighted by Gasteiger charge is -2.07. The van der Waals surface area contributed by atoms with Gasteiger partial charge in [0.25, 0.3) is 0 Å². The second-order valence-corrected chi connectivity index (χ2v) is 4.68. The van der Waals surface area contributed by atoms with Gasteiger partial charge in [0.15, 0.2) is 0 Å². The molecule has 0 saturated heterocycles. The van der Waals surface area contributed by atoms with Crippen LogP contribution in [0.1, 0.15) is 18.1 Å². The van der Waals surface area contributed by atoms with Crippen molar-refractivity contribution < 1.29 is 9.94 Å². The van der Waals surface area contributed by atoms with Gasteiger partial charge in [0.05, 0.1) is 0 Å². The maximum absolute atomic E-state index is 8.50. The zero-order valence-corrected chi connectivity index (χ0v) is 12.1. The molecule has 0 aliphatic heterocycles. The van der Waals surface area contributed by atoms with Gasteiger partial charge in [-0.1, -0.05) is 53.2 Å². The van der Waals surface area contributed by atoms with Crippen molar-refractivity contribution in [2.24, 2.45) is 10.1 Å². The molecular weight excluding hydrogens is 276 g/mol. The van der Waals surface area contributed by atoms with Crippen molar-refractivity contribution in [2.75, 3.05) is 0 Å². The number of nitrogens with zero attached hydrogens (tertiary/aromatic N) is 2. The Balaban J connectivity index is 2.62. The van der Waals surface area contributed by atoms with Crippen LogP contribution in [0.15, 0.2) is 58.5 Å². The molecule has 0 saturated carbocycles. The van der Waals surface area contributed by atoms with Gasteiger partial charge in [-0.25, -0.2) is 4.99 Å². The van der Waals surface area contributed by atoms with E-state index in [1.54, 1.807) is 6.08 Å². The molecule has 0 amide bonds. The molecule has 20 heavy (non-hydrogen) atoms. The van der Waals surface area contributed by atoms with Gasteiger partial charge in [0, 0.05) is 12.5 Å². The first-order valence-electron chi connectivity index (χ1n) is 5.96. The fourth-order valence-corrected chi connectivity index (χ4v) is 1.61. The molecule has 0 atom stereocenters. The SMILES string of the molecule is C=N/C(=C\C(=C)C)OCc1ccc(C/C(Cl)=N/O)cc1. The quantitative estimate of drug-likeness (QED) is 0.272. The summed E-state index contributed by atoms with van der Waals surface area (Å²) in [6.07, 6.45) is 2.12. The van der Waals surface area contributed by atoms with E-state index in [0.29, 0.717) is 18.9 Å². The van der Waals surface area contributed by atoms with Gasteiger partial charge in [-0.05, 0) is 24.8 Å². The lowest BCUT2D eigenvalue weighted by molar-refractivity contribution is 0.197. The largest absolute Gasteiger partial charge is 0.473 e. The van der Waals surface area contributed by atoms with Gasteiger partial charge >= 0.3 is 0 Å². The number of halogens is 1. The van der Waals surface area contributed by atoms with Crippen LogP contribution >= 0.6 is 11.6 Å². The summed E-state index contributed by atoms with van der Waals surface area (Å²) in [6.45, 7) is 9.45. The van der Waals surface area contributed by atoms with Crippen molar-refractivity contribution in [1.29, 1.82) is 0 Å². The molecule has 0 heterocycles. The van der Waals surface area contributed by atoms with Crippen LogP contribution in [0.25, 0.3) is 0 Å². The van der Waals surface area contributed by atoms with E-state index in [1.165, 1.54) is 0 Å².